The molecule has 2 aromatic rings. The van der Waals surface area contributed by atoms with Crippen LogP contribution in [0.5, 0.6) is 5.75 Å². The van der Waals surface area contributed by atoms with Gasteiger partial charge in [0.1, 0.15) is 12.4 Å². The van der Waals surface area contributed by atoms with Crippen molar-refractivity contribution in [2.75, 3.05) is 11.9 Å². The molecule has 0 bridgehead atoms. The van der Waals surface area contributed by atoms with E-state index in [0.717, 1.165) is 30.8 Å². The number of hydrogen-bond acceptors (Lipinski definition) is 4. The zero-order valence-corrected chi connectivity index (χ0v) is 13.0. The molecule has 0 radical (unpaired) electrons. The van der Waals surface area contributed by atoms with Crippen LogP contribution in [0.3, 0.4) is 0 Å². The Morgan fingerprint density at radius 2 is 2.26 bits per heavy atom. The lowest BCUT2D eigenvalue weighted by Crippen LogP contribution is -2.27. The van der Waals surface area contributed by atoms with E-state index in [4.69, 9.17) is 4.74 Å². The van der Waals surface area contributed by atoms with Crippen LogP contribution in [0.4, 0.5) is 5.69 Å². The summed E-state index contributed by atoms with van der Waals surface area (Å²) in [6.45, 7) is 1.42. The van der Waals surface area contributed by atoms with Gasteiger partial charge in [-0.05, 0) is 43.7 Å². The Balaban J connectivity index is 1.53. The molecule has 1 aromatic carbocycles. The fourth-order valence-corrected chi connectivity index (χ4v) is 2.67. The fourth-order valence-electron chi connectivity index (χ4n) is 2.67. The maximum Gasteiger partial charge on any atom is 0.225 e. The minimum atomic E-state index is 0.0336. The van der Waals surface area contributed by atoms with Crippen molar-refractivity contribution in [1.82, 2.24) is 10.3 Å². The molecule has 1 saturated heterocycles. The second kappa shape index (κ2) is 7.74. The van der Waals surface area contributed by atoms with Crippen molar-refractivity contribution in [1.29, 1.82) is 0 Å². The van der Waals surface area contributed by atoms with E-state index in [-0.39, 0.29) is 5.91 Å². The molecule has 1 atom stereocenters. The van der Waals surface area contributed by atoms with Crippen molar-refractivity contribution in [3.05, 3.63) is 54.4 Å². The molecule has 1 amide bonds. The first-order chi connectivity index (χ1) is 11.3. The predicted molar refractivity (Wildman–Crippen MR) is 89.3 cm³/mol. The summed E-state index contributed by atoms with van der Waals surface area (Å²) in [5.41, 5.74) is 1.63. The zero-order chi connectivity index (χ0) is 15.9. The lowest BCUT2D eigenvalue weighted by atomic mass is 10.1. The quantitative estimate of drug-likeness (QED) is 0.861. The Hall–Kier alpha value is -2.40. The molecule has 0 spiro atoms. The predicted octanol–water partition coefficient (Wildman–Crippen LogP) is 2.74. The van der Waals surface area contributed by atoms with Crippen LogP contribution in [0.2, 0.25) is 0 Å². The van der Waals surface area contributed by atoms with Crippen LogP contribution >= 0.6 is 0 Å². The summed E-state index contributed by atoms with van der Waals surface area (Å²) in [6.07, 6.45) is 4.47. The van der Waals surface area contributed by atoms with Gasteiger partial charge in [-0.15, -0.1) is 0 Å². The number of amides is 1. The maximum atomic E-state index is 12.1. The Morgan fingerprint density at radius 3 is 3.04 bits per heavy atom. The van der Waals surface area contributed by atoms with E-state index in [1.807, 2.05) is 42.5 Å². The first-order valence-corrected chi connectivity index (χ1v) is 7.95. The Labute approximate surface area is 136 Å². The molecular formula is C18H21N3O2. The maximum absolute atomic E-state index is 12.1. The number of benzene rings is 1. The van der Waals surface area contributed by atoms with Crippen LogP contribution in [0.25, 0.3) is 0 Å². The van der Waals surface area contributed by atoms with Gasteiger partial charge < -0.3 is 15.4 Å². The molecule has 1 unspecified atom stereocenters. The summed E-state index contributed by atoms with van der Waals surface area (Å²) in [4.78, 5) is 16.3. The third-order valence-electron chi connectivity index (χ3n) is 3.82. The Morgan fingerprint density at radius 1 is 1.30 bits per heavy atom. The minimum Gasteiger partial charge on any atom is -0.487 e. The van der Waals surface area contributed by atoms with Gasteiger partial charge in [-0.25, -0.2) is 0 Å². The molecule has 0 saturated carbocycles. The van der Waals surface area contributed by atoms with Crippen molar-refractivity contribution in [2.24, 2.45) is 0 Å². The van der Waals surface area contributed by atoms with Crippen molar-refractivity contribution < 1.29 is 9.53 Å². The summed E-state index contributed by atoms with van der Waals surface area (Å²) >= 11 is 0. The highest BCUT2D eigenvalue weighted by molar-refractivity contribution is 5.91. The van der Waals surface area contributed by atoms with Gasteiger partial charge in [0.05, 0.1) is 5.69 Å². The molecule has 1 aliphatic heterocycles. The molecule has 1 aromatic heterocycles. The average molecular weight is 311 g/mol. The van der Waals surface area contributed by atoms with Crippen LogP contribution in [-0.4, -0.2) is 23.5 Å². The summed E-state index contributed by atoms with van der Waals surface area (Å²) in [5.74, 6) is 0.749. The van der Waals surface area contributed by atoms with Gasteiger partial charge in [-0.2, -0.15) is 0 Å². The highest BCUT2D eigenvalue weighted by Crippen LogP contribution is 2.19. The molecule has 0 aliphatic carbocycles. The second-order valence-electron chi connectivity index (χ2n) is 5.68. The van der Waals surface area contributed by atoms with Gasteiger partial charge in [0.15, 0.2) is 0 Å². The number of carbonyl (C=O) groups excluding carboxylic acids is 1. The number of carbonyl (C=O) groups is 1. The summed E-state index contributed by atoms with van der Waals surface area (Å²) in [6, 6.07) is 13.5. The van der Waals surface area contributed by atoms with Gasteiger partial charge >= 0.3 is 0 Å². The minimum absolute atomic E-state index is 0.0336. The SMILES string of the molecule is O=C(CC1CCCN1)Nc1cccc(OCc2ccccn2)c1. The molecular weight excluding hydrogens is 290 g/mol. The lowest BCUT2D eigenvalue weighted by Gasteiger charge is -2.11. The third-order valence-corrected chi connectivity index (χ3v) is 3.82. The monoisotopic (exact) mass is 311 g/mol. The molecule has 1 aliphatic rings. The Kier molecular flexibility index (Phi) is 5.21. The van der Waals surface area contributed by atoms with Gasteiger partial charge in [0.25, 0.3) is 0 Å². The van der Waals surface area contributed by atoms with E-state index in [9.17, 15) is 4.79 Å². The normalized spacial score (nSPS) is 17.0. The zero-order valence-electron chi connectivity index (χ0n) is 13.0. The van der Waals surface area contributed by atoms with Gasteiger partial charge in [0.2, 0.25) is 5.91 Å². The van der Waals surface area contributed by atoms with E-state index in [0.29, 0.717) is 24.8 Å². The van der Waals surface area contributed by atoms with Crippen LogP contribution < -0.4 is 15.4 Å². The number of aromatic nitrogens is 1. The first-order valence-electron chi connectivity index (χ1n) is 7.95. The topological polar surface area (TPSA) is 63.2 Å². The highest BCUT2D eigenvalue weighted by atomic mass is 16.5. The number of nitrogens with zero attached hydrogens (tertiary/aromatic N) is 1. The molecule has 2 N–H and O–H groups in total. The van der Waals surface area contributed by atoms with E-state index in [1.54, 1.807) is 6.20 Å². The fraction of sp³-hybridized carbons (Fsp3) is 0.333. The number of ether oxygens (including phenoxy) is 1. The largest absolute Gasteiger partial charge is 0.487 e. The average Bonchev–Trinajstić information content (AvgIpc) is 3.07. The number of hydrogen-bond donors (Lipinski definition) is 2. The molecule has 23 heavy (non-hydrogen) atoms. The number of rotatable bonds is 6. The molecule has 5 heteroatoms. The van der Waals surface area contributed by atoms with E-state index in [2.05, 4.69) is 15.6 Å². The lowest BCUT2D eigenvalue weighted by molar-refractivity contribution is -0.116. The molecule has 3 rings (SSSR count). The Bertz CT molecular complexity index is 640. The molecule has 120 valence electrons. The number of pyridine rings is 1. The van der Waals surface area contributed by atoms with E-state index < -0.39 is 0 Å². The summed E-state index contributed by atoms with van der Waals surface area (Å²) < 4.78 is 5.72. The van der Waals surface area contributed by atoms with Crippen molar-refractivity contribution in [2.45, 2.75) is 31.9 Å². The highest BCUT2D eigenvalue weighted by Gasteiger charge is 2.17. The van der Waals surface area contributed by atoms with E-state index >= 15 is 0 Å². The van der Waals surface area contributed by atoms with Crippen LogP contribution in [0, 0.1) is 0 Å². The summed E-state index contributed by atoms with van der Waals surface area (Å²) in [5, 5.41) is 6.26. The number of anilines is 1. The van der Waals surface area contributed by atoms with Gasteiger partial charge in [-0.1, -0.05) is 12.1 Å². The van der Waals surface area contributed by atoms with Crippen LogP contribution in [-0.2, 0) is 11.4 Å². The molecule has 5 nitrogen and oxygen atoms in total. The smallest absolute Gasteiger partial charge is 0.225 e. The molecule has 1 fully saturated rings. The standard InChI is InChI=1S/C18H21N3O2/c22-18(12-14-7-4-10-19-14)21-15-6-3-8-17(11-15)23-13-16-5-1-2-9-20-16/h1-3,5-6,8-9,11,14,19H,4,7,10,12-13H2,(H,21,22). The first kappa shape index (κ1) is 15.5. The van der Waals surface area contributed by atoms with E-state index in [1.165, 1.54) is 0 Å². The summed E-state index contributed by atoms with van der Waals surface area (Å²) in [7, 11) is 0. The second-order valence-corrected chi connectivity index (χ2v) is 5.68. The van der Waals surface area contributed by atoms with Crippen molar-refractivity contribution >= 4 is 11.6 Å². The molecule has 2 heterocycles. The van der Waals surface area contributed by atoms with Crippen LogP contribution in [0.1, 0.15) is 25.0 Å². The van der Waals surface area contributed by atoms with Crippen molar-refractivity contribution in [3.63, 3.8) is 0 Å². The van der Waals surface area contributed by atoms with Crippen molar-refractivity contribution in [3.8, 4) is 5.75 Å². The number of nitrogens with one attached hydrogen (secondary N) is 2. The van der Waals surface area contributed by atoms with Gasteiger partial charge in [0, 0.05) is 30.4 Å². The van der Waals surface area contributed by atoms with Crippen LogP contribution in [0.15, 0.2) is 48.7 Å². The van der Waals surface area contributed by atoms with Gasteiger partial charge in [-0.3, -0.25) is 9.78 Å². The third kappa shape index (κ3) is 4.79.